The van der Waals surface area contributed by atoms with E-state index in [9.17, 15) is 14.4 Å². The fraction of sp³-hybridized carbons (Fsp3) is 0.286. The van der Waals surface area contributed by atoms with E-state index in [0.29, 0.717) is 12.3 Å². The van der Waals surface area contributed by atoms with E-state index in [1.807, 2.05) is 12.1 Å². The molecule has 1 fully saturated rings. The first-order valence-electron chi connectivity index (χ1n) is 9.14. The van der Waals surface area contributed by atoms with E-state index in [0.717, 1.165) is 21.8 Å². The van der Waals surface area contributed by atoms with Crippen molar-refractivity contribution >= 4 is 17.8 Å². The molecular formula is C21H23N3O5. The van der Waals surface area contributed by atoms with Gasteiger partial charge in [0.2, 0.25) is 5.91 Å². The summed E-state index contributed by atoms with van der Waals surface area (Å²) in [5.74, 6) is 0.699. The van der Waals surface area contributed by atoms with Gasteiger partial charge in [-0.15, -0.1) is 0 Å². The van der Waals surface area contributed by atoms with Crippen LogP contribution in [0, 0.1) is 0 Å². The summed E-state index contributed by atoms with van der Waals surface area (Å²) in [4.78, 5) is 38.0. The molecule has 3 rings (SSSR count). The van der Waals surface area contributed by atoms with Gasteiger partial charge in [0, 0.05) is 6.54 Å². The maximum atomic E-state index is 12.5. The summed E-state index contributed by atoms with van der Waals surface area (Å²) in [7, 11) is 3.15. The van der Waals surface area contributed by atoms with E-state index in [1.54, 1.807) is 50.6 Å². The van der Waals surface area contributed by atoms with Crippen molar-refractivity contribution < 1.29 is 23.9 Å². The molecule has 1 saturated heterocycles. The minimum atomic E-state index is -0.864. The second-order valence-corrected chi connectivity index (χ2v) is 6.60. The Morgan fingerprint density at radius 2 is 1.52 bits per heavy atom. The van der Waals surface area contributed by atoms with E-state index in [2.05, 4.69) is 10.6 Å². The Morgan fingerprint density at radius 3 is 2.07 bits per heavy atom. The maximum Gasteiger partial charge on any atom is 0.325 e. The van der Waals surface area contributed by atoms with Crippen LogP contribution < -0.4 is 20.1 Å². The van der Waals surface area contributed by atoms with Gasteiger partial charge in [-0.2, -0.15) is 0 Å². The average Bonchev–Trinajstić information content (AvgIpc) is 3.00. The third kappa shape index (κ3) is 5.04. The molecular weight excluding hydrogens is 374 g/mol. The summed E-state index contributed by atoms with van der Waals surface area (Å²) in [6.07, 6.45) is -0.111. The van der Waals surface area contributed by atoms with E-state index >= 15 is 0 Å². The number of hydrogen-bond donors (Lipinski definition) is 2. The smallest absolute Gasteiger partial charge is 0.325 e. The van der Waals surface area contributed by atoms with Gasteiger partial charge >= 0.3 is 6.03 Å². The summed E-state index contributed by atoms with van der Waals surface area (Å²) in [5.41, 5.74) is 1.70. The van der Waals surface area contributed by atoms with Crippen LogP contribution >= 0.6 is 0 Å². The number of carbonyl (C=O) groups is 3. The Morgan fingerprint density at radius 1 is 0.966 bits per heavy atom. The van der Waals surface area contributed by atoms with Crippen molar-refractivity contribution in [2.75, 3.05) is 14.2 Å². The van der Waals surface area contributed by atoms with Gasteiger partial charge in [-0.05, 0) is 35.4 Å². The van der Waals surface area contributed by atoms with Gasteiger partial charge in [-0.3, -0.25) is 14.5 Å². The van der Waals surface area contributed by atoms with Gasteiger partial charge < -0.3 is 20.1 Å². The number of carbonyl (C=O) groups excluding carboxylic acids is 3. The van der Waals surface area contributed by atoms with Crippen LogP contribution in [0.1, 0.15) is 17.5 Å². The van der Waals surface area contributed by atoms with E-state index in [-0.39, 0.29) is 18.9 Å². The second kappa shape index (κ2) is 9.09. The topological polar surface area (TPSA) is 97.0 Å². The molecule has 8 heteroatoms. The third-order valence-corrected chi connectivity index (χ3v) is 4.64. The minimum absolute atomic E-state index is 0.111. The summed E-state index contributed by atoms with van der Waals surface area (Å²) >= 11 is 0. The Bertz CT molecular complexity index is 880. The lowest BCUT2D eigenvalue weighted by molar-refractivity contribution is -0.131. The molecule has 1 atom stereocenters. The van der Waals surface area contributed by atoms with Crippen LogP contribution in [0.4, 0.5) is 4.79 Å². The van der Waals surface area contributed by atoms with Crippen LogP contribution in [-0.4, -0.2) is 43.0 Å². The Balaban J connectivity index is 1.52. The minimum Gasteiger partial charge on any atom is -0.497 e. The normalized spacial score (nSPS) is 15.8. The molecule has 0 aliphatic carbocycles. The first-order chi connectivity index (χ1) is 14.0. The molecule has 0 bridgehead atoms. The molecule has 1 aliphatic heterocycles. The zero-order valence-electron chi connectivity index (χ0n) is 16.3. The third-order valence-electron chi connectivity index (χ3n) is 4.64. The highest BCUT2D eigenvalue weighted by atomic mass is 16.5. The van der Waals surface area contributed by atoms with Crippen molar-refractivity contribution in [1.29, 1.82) is 0 Å². The van der Waals surface area contributed by atoms with Crippen molar-refractivity contribution in [3.8, 4) is 11.5 Å². The molecule has 29 heavy (non-hydrogen) atoms. The van der Waals surface area contributed by atoms with Gasteiger partial charge in [-0.1, -0.05) is 24.3 Å². The number of urea groups is 1. The van der Waals surface area contributed by atoms with Gasteiger partial charge in [0.05, 0.1) is 27.2 Å². The number of amides is 4. The van der Waals surface area contributed by atoms with Crippen LogP contribution in [0.5, 0.6) is 11.5 Å². The number of benzene rings is 2. The quantitative estimate of drug-likeness (QED) is 0.663. The van der Waals surface area contributed by atoms with E-state index < -0.39 is 18.0 Å². The SMILES string of the molecule is COc1ccc(CNC(=O)C[C@@H]2NC(=O)N(Cc3ccc(OC)cc3)C2=O)cc1. The van der Waals surface area contributed by atoms with Gasteiger partial charge in [0.25, 0.3) is 5.91 Å². The molecule has 0 saturated carbocycles. The predicted molar refractivity (Wildman–Crippen MR) is 105 cm³/mol. The fourth-order valence-corrected chi connectivity index (χ4v) is 2.98. The Labute approximate surface area is 168 Å². The lowest BCUT2D eigenvalue weighted by atomic mass is 10.1. The standard InChI is InChI=1S/C21H23N3O5/c1-28-16-7-3-14(4-8-16)12-22-19(25)11-18-20(26)24(21(27)23-18)13-15-5-9-17(29-2)10-6-15/h3-10,18H,11-13H2,1-2H3,(H,22,25)(H,23,27)/t18-/m0/s1. The number of rotatable bonds is 8. The molecule has 8 nitrogen and oxygen atoms in total. The molecule has 4 amide bonds. The van der Waals surface area contributed by atoms with Gasteiger partial charge in [0.15, 0.2) is 0 Å². The van der Waals surface area contributed by atoms with Crippen molar-refractivity contribution in [1.82, 2.24) is 15.5 Å². The van der Waals surface area contributed by atoms with Gasteiger partial charge in [0.1, 0.15) is 17.5 Å². The highest BCUT2D eigenvalue weighted by Crippen LogP contribution is 2.17. The highest BCUT2D eigenvalue weighted by Gasteiger charge is 2.38. The molecule has 0 unspecified atom stereocenters. The van der Waals surface area contributed by atoms with E-state index in [1.165, 1.54) is 0 Å². The van der Waals surface area contributed by atoms with E-state index in [4.69, 9.17) is 9.47 Å². The lowest BCUT2D eigenvalue weighted by Crippen LogP contribution is -2.36. The monoisotopic (exact) mass is 397 g/mol. The number of imide groups is 1. The highest BCUT2D eigenvalue weighted by molar-refractivity contribution is 6.05. The first kappa shape index (κ1) is 20.2. The lowest BCUT2D eigenvalue weighted by Gasteiger charge is -2.13. The zero-order valence-corrected chi connectivity index (χ0v) is 16.3. The second-order valence-electron chi connectivity index (χ2n) is 6.60. The van der Waals surface area contributed by atoms with Crippen molar-refractivity contribution in [3.63, 3.8) is 0 Å². The molecule has 1 heterocycles. The summed E-state index contributed by atoms with van der Waals surface area (Å²) < 4.78 is 10.2. The molecule has 2 aromatic carbocycles. The molecule has 0 spiro atoms. The van der Waals surface area contributed by atoms with Crippen LogP contribution in [-0.2, 0) is 22.7 Å². The molecule has 152 valence electrons. The fourth-order valence-electron chi connectivity index (χ4n) is 2.98. The number of nitrogens with zero attached hydrogens (tertiary/aromatic N) is 1. The molecule has 1 aliphatic rings. The number of nitrogens with one attached hydrogen (secondary N) is 2. The maximum absolute atomic E-state index is 12.5. The van der Waals surface area contributed by atoms with Gasteiger partial charge in [-0.25, -0.2) is 4.79 Å². The van der Waals surface area contributed by atoms with Crippen LogP contribution in [0.3, 0.4) is 0 Å². The molecule has 2 N–H and O–H groups in total. The first-order valence-corrected chi connectivity index (χ1v) is 9.14. The Kier molecular flexibility index (Phi) is 6.33. The number of hydrogen-bond acceptors (Lipinski definition) is 5. The predicted octanol–water partition coefficient (Wildman–Crippen LogP) is 1.83. The summed E-state index contributed by atoms with van der Waals surface area (Å²) in [6.45, 7) is 0.464. The Hall–Kier alpha value is -3.55. The molecule has 2 aromatic rings. The summed E-state index contributed by atoms with van der Waals surface area (Å²) in [6, 6.07) is 13.0. The van der Waals surface area contributed by atoms with Crippen molar-refractivity contribution in [2.45, 2.75) is 25.6 Å². The molecule has 0 aromatic heterocycles. The van der Waals surface area contributed by atoms with Crippen molar-refractivity contribution in [3.05, 3.63) is 59.7 Å². The van der Waals surface area contributed by atoms with Crippen LogP contribution in [0.15, 0.2) is 48.5 Å². The van der Waals surface area contributed by atoms with Crippen LogP contribution in [0.2, 0.25) is 0 Å². The number of ether oxygens (including phenoxy) is 2. The molecule has 0 radical (unpaired) electrons. The zero-order chi connectivity index (χ0) is 20.8. The number of methoxy groups -OCH3 is 2. The van der Waals surface area contributed by atoms with Crippen LogP contribution in [0.25, 0.3) is 0 Å². The largest absolute Gasteiger partial charge is 0.497 e. The average molecular weight is 397 g/mol. The summed E-state index contributed by atoms with van der Waals surface area (Å²) in [5, 5.41) is 5.34. The van der Waals surface area contributed by atoms with Crippen molar-refractivity contribution in [2.24, 2.45) is 0 Å².